The number of ether oxygens (including phenoxy) is 2. The molecule has 5 heteroatoms. The average Bonchev–Trinajstić information content (AvgIpc) is 3.09. The molecular formula is C19H16FNO2S. The van der Waals surface area contributed by atoms with Gasteiger partial charge in [-0.3, -0.25) is 0 Å². The van der Waals surface area contributed by atoms with Gasteiger partial charge in [0.25, 0.3) is 0 Å². The highest BCUT2D eigenvalue weighted by Crippen LogP contribution is 2.32. The lowest BCUT2D eigenvalue weighted by Crippen LogP contribution is -1.92. The van der Waals surface area contributed by atoms with E-state index in [1.807, 2.05) is 35.7 Å². The van der Waals surface area contributed by atoms with Crippen molar-refractivity contribution in [1.82, 2.24) is 4.98 Å². The average molecular weight is 341 g/mol. The summed E-state index contributed by atoms with van der Waals surface area (Å²) in [4.78, 5) is 4.56. The highest BCUT2D eigenvalue weighted by atomic mass is 32.1. The molecule has 0 radical (unpaired) electrons. The van der Waals surface area contributed by atoms with Gasteiger partial charge < -0.3 is 9.47 Å². The van der Waals surface area contributed by atoms with Crippen molar-refractivity contribution < 1.29 is 13.9 Å². The van der Waals surface area contributed by atoms with Gasteiger partial charge in [0.15, 0.2) is 11.5 Å². The minimum Gasteiger partial charge on any atom is -0.493 e. The van der Waals surface area contributed by atoms with E-state index in [0.717, 1.165) is 21.8 Å². The topological polar surface area (TPSA) is 31.4 Å². The summed E-state index contributed by atoms with van der Waals surface area (Å²) in [6.07, 6.45) is 3.86. The quantitative estimate of drug-likeness (QED) is 0.644. The number of aromatic nitrogens is 1. The molecular weight excluding hydrogens is 325 g/mol. The van der Waals surface area contributed by atoms with Gasteiger partial charge in [-0.05, 0) is 42.5 Å². The van der Waals surface area contributed by atoms with Crippen LogP contribution in [-0.4, -0.2) is 19.2 Å². The van der Waals surface area contributed by atoms with Gasteiger partial charge >= 0.3 is 0 Å². The predicted octanol–water partition coefficient (Wildman–Crippen LogP) is 5.14. The van der Waals surface area contributed by atoms with Crippen LogP contribution in [-0.2, 0) is 0 Å². The Bertz CT molecular complexity index is 856. The summed E-state index contributed by atoms with van der Waals surface area (Å²) in [5.74, 6) is 1.12. The maximum absolute atomic E-state index is 13.0. The summed E-state index contributed by atoms with van der Waals surface area (Å²) in [5, 5.41) is 2.81. The molecule has 24 heavy (non-hydrogen) atoms. The number of nitrogens with zero attached hydrogens (tertiary/aromatic N) is 1. The van der Waals surface area contributed by atoms with Crippen LogP contribution >= 0.6 is 11.3 Å². The first-order valence-corrected chi connectivity index (χ1v) is 8.20. The van der Waals surface area contributed by atoms with Crippen molar-refractivity contribution in [1.29, 1.82) is 0 Å². The second-order valence-corrected chi connectivity index (χ2v) is 5.88. The van der Waals surface area contributed by atoms with Crippen LogP contribution in [0.3, 0.4) is 0 Å². The predicted molar refractivity (Wildman–Crippen MR) is 96.0 cm³/mol. The third-order valence-corrected chi connectivity index (χ3v) is 4.31. The standard InChI is InChI=1S/C19H16FNO2S/c1-22-17-5-3-4-14(19(17)23-2)8-11-18-21-16(12-24-18)13-6-9-15(20)10-7-13/h3-12H,1-2H3/b11-8+. The number of thiazole rings is 1. The first-order chi connectivity index (χ1) is 11.7. The number of methoxy groups -OCH3 is 2. The molecule has 0 amide bonds. The van der Waals surface area contributed by atoms with E-state index in [4.69, 9.17) is 9.47 Å². The van der Waals surface area contributed by atoms with Gasteiger partial charge in [0.05, 0.1) is 19.9 Å². The van der Waals surface area contributed by atoms with Crippen molar-refractivity contribution in [2.24, 2.45) is 0 Å². The fourth-order valence-electron chi connectivity index (χ4n) is 2.32. The molecule has 0 aliphatic heterocycles. The van der Waals surface area contributed by atoms with Crippen LogP contribution in [0.5, 0.6) is 11.5 Å². The van der Waals surface area contributed by atoms with Crippen LogP contribution < -0.4 is 9.47 Å². The first kappa shape index (κ1) is 16.2. The number of para-hydroxylation sites is 1. The number of rotatable bonds is 5. The van der Waals surface area contributed by atoms with Gasteiger partial charge in [-0.15, -0.1) is 11.3 Å². The van der Waals surface area contributed by atoms with Crippen LogP contribution in [0.2, 0.25) is 0 Å². The fraction of sp³-hybridized carbons (Fsp3) is 0.105. The van der Waals surface area contributed by atoms with E-state index in [1.54, 1.807) is 26.4 Å². The van der Waals surface area contributed by atoms with Gasteiger partial charge in [-0.25, -0.2) is 9.37 Å². The summed E-state index contributed by atoms with van der Waals surface area (Å²) in [6.45, 7) is 0. The molecule has 0 atom stereocenters. The van der Waals surface area contributed by atoms with Crippen molar-refractivity contribution >= 4 is 23.5 Å². The molecule has 2 aromatic carbocycles. The molecule has 0 unspecified atom stereocenters. The Labute approximate surface area is 144 Å². The molecule has 0 aliphatic carbocycles. The Morgan fingerprint density at radius 1 is 1.00 bits per heavy atom. The fourth-order valence-corrected chi connectivity index (χ4v) is 3.04. The lowest BCUT2D eigenvalue weighted by Gasteiger charge is -2.09. The van der Waals surface area contributed by atoms with Crippen molar-refractivity contribution in [3.63, 3.8) is 0 Å². The van der Waals surface area contributed by atoms with Crippen molar-refractivity contribution in [2.45, 2.75) is 0 Å². The molecule has 1 aromatic heterocycles. The largest absolute Gasteiger partial charge is 0.493 e. The first-order valence-electron chi connectivity index (χ1n) is 7.32. The lowest BCUT2D eigenvalue weighted by atomic mass is 10.1. The van der Waals surface area contributed by atoms with E-state index >= 15 is 0 Å². The Morgan fingerprint density at radius 3 is 2.50 bits per heavy atom. The van der Waals surface area contributed by atoms with Crippen LogP contribution in [0.4, 0.5) is 4.39 Å². The third kappa shape index (κ3) is 3.46. The van der Waals surface area contributed by atoms with Gasteiger partial charge in [0.1, 0.15) is 10.8 Å². The molecule has 0 fully saturated rings. The highest BCUT2D eigenvalue weighted by molar-refractivity contribution is 7.10. The van der Waals surface area contributed by atoms with Crippen LogP contribution in [0.1, 0.15) is 10.6 Å². The van der Waals surface area contributed by atoms with Crippen LogP contribution in [0.15, 0.2) is 47.8 Å². The molecule has 0 aliphatic rings. The van der Waals surface area contributed by atoms with E-state index in [0.29, 0.717) is 11.5 Å². The molecule has 0 N–H and O–H groups in total. The van der Waals surface area contributed by atoms with Crippen LogP contribution in [0, 0.1) is 5.82 Å². The van der Waals surface area contributed by atoms with Gasteiger partial charge in [0, 0.05) is 16.5 Å². The van der Waals surface area contributed by atoms with Gasteiger partial charge in [-0.2, -0.15) is 0 Å². The third-order valence-electron chi connectivity index (χ3n) is 3.50. The van der Waals surface area contributed by atoms with Crippen LogP contribution in [0.25, 0.3) is 23.4 Å². The minimum atomic E-state index is -0.251. The van der Waals surface area contributed by atoms with E-state index in [1.165, 1.54) is 23.5 Å². The number of hydrogen-bond acceptors (Lipinski definition) is 4. The van der Waals surface area contributed by atoms with E-state index in [-0.39, 0.29) is 5.82 Å². The second kappa shape index (κ2) is 7.27. The maximum atomic E-state index is 13.0. The zero-order valence-corrected chi connectivity index (χ0v) is 14.1. The summed E-state index contributed by atoms with van der Waals surface area (Å²) in [7, 11) is 3.23. The molecule has 3 aromatic rings. The second-order valence-electron chi connectivity index (χ2n) is 4.99. The zero-order chi connectivity index (χ0) is 16.9. The summed E-state index contributed by atoms with van der Waals surface area (Å²) in [6, 6.07) is 12.0. The molecule has 0 bridgehead atoms. The zero-order valence-electron chi connectivity index (χ0n) is 13.3. The van der Waals surface area contributed by atoms with Crippen molar-refractivity contribution in [3.05, 3.63) is 64.2 Å². The molecule has 1 heterocycles. The molecule has 0 saturated carbocycles. The SMILES string of the molecule is COc1cccc(/C=C/c2nc(-c3ccc(F)cc3)cs2)c1OC. The Kier molecular flexibility index (Phi) is 4.91. The Balaban J connectivity index is 1.85. The molecule has 0 saturated heterocycles. The minimum absolute atomic E-state index is 0.251. The highest BCUT2D eigenvalue weighted by Gasteiger charge is 2.07. The van der Waals surface area contributed by atoms with E-state index in [2.05, 4.69) is 4.98 Å². The summed E-state index contributed by atoms with van der Waals surface area (Å²) < 4.78 is 23.7. The van der Waals surface area contributed by atoms with Crippen molar-refractivity contribution in [3.8, 4) is 22.8 Å². The molecule has 3 rings (SSSR count). The number of hydrogen-bond donors (Lipinski definition) is 0. The Morgan fingerprint density at radius 2 is 1.79 bits per heavy atom. The number of benzene rings is 2. The number of halogens is 1. The molecule has 3 nitrogen and oxygen atoms in total. The molecule has 122 valence electrons. The van der Waals surface area contributed by atoms with E-state index < -0.39 is 0 Å². The van der Waals surface area contributed by atoms with Gasteiger partial charge in [0.2, 0.25) is 0 Å². The summed E-state index contributed by atoms with van der Waals surface area (Å²) >= 11 is 1.53. The molecule has 0 spiro atoms. The van der Waals surface area contributed by atoms with Crippen molar-refractivity contribution in [2.75, 3.05) is 14.2 Å². The normalized spacial score (nSPS) is 11.0. The lowest BCUT2D eigenvalue weighted by molar-refractivity contribution is 0.354. The summed E-state index contributed by atoms with van der Waals surface area (Å²) in [5.41, 5.74) is 2.64. The smallest absolute Gasteiger partial charge is 0.167 e. The van der Waals surface area contributed by atoms with Gasteiger partial charge in [-0.1, -0.05) is 12.1 Å². The Hall–Kier alpha value is -2.66. The monoisotopic (exact) mass is 341 g/mol. The maximum Gasteiger partial charge on any atom is 0.167 e. The van der Waals surface area contributed by atoms with E-state index in [9.17, 15) is 4.39 Å².